The maximum Gasteiger partial charge on any atom is 0.255 e. The maximum absolute atomic E-state index is 13.1. The van der Waals surface area contributed by atoms with Gasteiger partial charge in [0, 0.05) is 30.8 Å². The first-order valence-corrected chi connectivity index (χ1v) is 10.3. The molecule has 7 heteroatoms. The van der Waals surface area contributed by atoms with Gasteiger partial charge >= 0.3 is 0 Å². The smallest absolute Gasteiger partial charge is 0.255 e. The van der Waals surface area contributed by atoms with Crippen molar-refractivity contribution in [3.8, 4) is 0 Å². The zero-order valence-electron chi connectivity index (χ0n) is 16.8. The molecular formula is C23H26N4O3. The molecule has 4 rings (SSSR count). The number of nitrogens with one attached hydrogen (secondary N) is 2. The molecule has 2 heterocycles. The summed E-state index contributed by atoms with van der Waals surface area (Å²) < 4.78 is 0. The topological polar surface area (TPSA) is 105 Å². The fourth-order valence-corrected chi connectivity index (χ4v) is 4.18. The number of carbonyl (C=O) groups is 3. The number of anilines is 1. The minimum atomic E-state index is -0.595. The minimum absolute atomic E-state index is 0.145. The highest BCUT2D eigenvalue weighted by Crippen LogP contribution is 2.30. The molecule has 7 nitrogen and oxygen atoms in total. The molecule has 0 spiro atoms. The average molecular weight is 406 g/mol. The van der Waals surface area contributed by atoms with E-state index >= 15 is 0 Å². The number of piperidine rings is 1. The van der Waals surface area contributed by atoms with Crippen LogP contribution in [-0.4, -0.2) is 35.2 Å². The lowest BCUT2D eigenvalue weighted by Gasteiger charge is -2.29. The second-order valence-electron chi connectivity index (χ2n) is 7.80. The Kier molecular flexibility index (Phi) is 5.81. The number of nitrogens with zero attached hydrogens (tertiary/aromatic N) is 1. The second-order valence-corrected chi connectivity index (χ2v) is 7.80. The van der Waals surface area contributed by atoms with Crippen LogP contribution in [-0.2, 0) is 29.1 Å². The SMILES string of the molecule is NCCCc1cccc(NCc2cccc3c2C(=O)N(C2CCC(=O)NC2=O)C3)c1. The van der Waals surface area contributed by atoms with Crippen LogP contribution < -0.4 is 16.4 Å². The van der Waals surface area contributed by atoms with Crippen molar-refractivity contribution in [1.82, 2.24) is 10.2 Å². The largest absolute Gasteiger partial charge is 0.381 e. The van der Waals surface area contributed by atoms with E-state index < -0.39 is 6.04 Å². The van der Waals surface area contributed by atoms with Gasteiger partial charge in [-0.1, -0.05) is 30.3 Å². The summed E-state index contributed by atoms with van der Waals surface area (Å²) in [5, 5.41) is 5.75. The molecule has 30 heavy (non-hydrogen) atoms. The van der Waals surface area contributed by atoms with Crippen molar-refractivity contribution >= 4 is 23.4 Å². The van der Waals surface area contributed by atoms with Crippen LogP contribution in [0.3, 0.4) is 0 Å². The van der Waals surface area contributed by atoms with Crippen LogP contribution in [0.25, 0.3) is 0 Å². The van der Waals surface area contributed by atoms with Gasteiger partial charge in [0.2, 0.25) is 11.8 Å². The number of amides is 3. The number of nitrogens with two attached hydrogens (primary N) is 1. The monoisotopic (exact) mass is 406 g/mol. The number of hydrogen-bond donors (Lipinski definition) is 3. The maximum atomic E-state index is 13.1. The lowest BCUT2D eigenvalue weighted by molar-refractivity contribution is -0.136. The Morgan fingerprint density at radius 3 is 2.77 bits per heavy atom. The van der Waals surface area contributed by atoms with Crippen LogP contribution in [0.1, 0.15) is 46.3 Å². The molecule has 3 amide bonds. The van der Waals surface area contributed by atoms with Crippen LogP contribution in [0.2, 0.25) is 0 Å². The van der Waals surface area contributed by atoms with Gasteiger partial charge in [-0.05, 0) is 54.6 Å². The van der Waals surface area contributed by atoms with E-state index in [-0.39, 0.29) is 24.1 Å². The third kappa shape index (κ3) is 4.07. The highest BCUT2D eigenvalue weighted by molar-refractivity contribution is 6.06. The molecule has 2 aliphatic heterocycles. The average Bonchev–Trinajstić information content (AvgIpc) is 3.08. The fraction of sp³-hybridized carbons (Fsp3) is 0.348. The Hall–Kier alpha value is -3.19. The van der Waals surface area contributed by atoms with Gasteiger partial charge in [-0.15, -0.1) is 0 Å². The van der Waals surface area contributed by atoms with Crippen molar-refractivity contribution in [2.24, 2.45) is 5.73 Å². The highest BCUT2D eigenvalue weighted by atomic mass is 16.2. The van der Waals surface area contributed by atoms with Gasteiger partial charge in [0.15, 0.2) is 0 Å². The van der Waals surface area contributed by atoms with Gasteiger partial charge in [0.25, 0.3) is 5.91 Å². The molecule has 0 radical (unpaired) electrons. The lowest BCUT2D eigenvalue weighted by atomic mass is 10.0. The Morgan fingerprint density at radius 1 is 1.13 bits per heavy atom. The van der Waals surface area contributed by atoms with E-state index in [0.717, 1.165) is 29.7 Å². The quantitative estimate of drug-likeness (QED) is 0.610. The third-order valence-electron chi connectivity index (χ3n) is 5.72. The normalized spacial score (nSPS) is 18.4. The van der Waals surface area contributed by atoms with Crippen molar-refractivity contribution in [2.45, 2.75) is 44.8 Å². The standard InChI is InChI=1S/C23H26N4O3/c24-11-3-5-15-4-1-8-18(12-15)25-13-16-6-2-7-17-14-27(23(30)21(16)17)19-9-10-20(28)26-22(19)29/h1-2,4,6-8,12,19,25H,3,5,9-11,13-14,24H2,(H,26,28,29). The molecular weight excluding hydrogens is 380 g/mol. The summed E-state index contributed by atoms with van der Waals surface area (Å²) in [6.45, 7) is 1.57. The van der Waals surface area contributed by atoms with E-state index in [9.17, 15) is 14.4 Å². The summed E-state index contributed by atoms with van der Waals surface area (Å²) in [6.07, 6.45) is 2.51. The molecule has 0 bridgehead atoms. The zero-order valence-corrected chi connectivity index (χ0v) is 16.8. The predicted molar refractivity (Wildman–Crippen MR) is 114 cm³/mol. The Bertz CT molecular complexity index is 988. The summed E-state index contributed by atoms with van der Waals surface area (Å²) >= 11 is 0. The number of imide groups is 1. The first-order valence-electron chi connectivity index (χ1n) is 10.3. The predicted octanol–water partition coefficient (Wildman–Crippen LogP) is 1.95. The van der Waals surface area contributed by atoms with Gasteiger partial charge < -0.3 is 16.0 Å². The zero-order chi connectivity index (χ0) is 21.1. The first-order chi connectivity index (χ1) is 14.6. The Balaban J connectivity index is 1.48. The molecule has 0 aromatic heterocycles. The van der Waals surface area contributed by atoms with Gasteiger partial charge in [-0.25, -0.2) is 0 Å². The summed E-state index contributed by atoms with van der Waals surface area (Å²) in [6, 6.07) is 13.4. The summed E-state index contributed by atoms with van der Waals surface area (Å²) in [4.78, 5) is 38.4. The van der Waals surface area contributed by atoms with E-state index in [0.29, 0.717) is 31.6 Å². The third-order valence-corrected chi connectivity index (χ3v) is 5.72. The molecule has 4 N–H and O–H groups in total. The molecule has 2 aromatic carbocycles. The van der Waals surface area contributed by atoms with Crippen molar-refractivity contribution in [2.75, 3.05) is 11.9 Å². The molecule has 1 fully saturated rings. The molecule has 0 aliphatic carbocycles. The summed E-state index contributed by atoms with van der Waals surface area (Å²) in [7, 11) is 0. The van der Waals surface area contributed by atoms with Gasteiger partial charge in [0.1, 0.15) is 6.04 Å². The molecule has 2 aromatic rings. The van der Waals surface area contributed by atoms with Crippen LogP contribution in [0.15, 0.2) is 42.5 Å². The first kappa shape index (κ1) is 20.1. The van der Waals surface area contributed by atoms with Gasteiger partial charge in [-0.3, -0.25) is 19.7 Å². The summed E-state index contributed by atoms with van der Waals surface area (Å²) in [5.74, 6) is -0.811. The fourth-order valence-electron chi connectivity index (χ4n) is 4.18. The van der Waals surface area contributed by atoms with Crippen molar-refractivity contribution < 1.29 is 14.4 Å². The van der Waals surface area contributed by atoms with E-state index in [4.69, 9.17) is 5.73 Å². The van der Waals surface area contributed by atoms with E-state index in [2.05, 4.69) is 22.8 Å². The Morgan fingerprint density at radius 2 is 1.97 bits per heavy atom. The number of carbonyl (C=O) groups excluding carboxylic acids is 3. The number of fused-ring (bicyclic) bond motifs is 1. The number of hydrogen-bond acceptors (Lipinski definition) is 5. The molecule has 2 aliphatic rings. The molecule has 156 valence electrons. The molecule has 1 saturated heterocycles. The minimum Gasteiger partial charge on any atom is -0.381 e. The van der Waals surface area contributed by atoms with E-state index in [1.54, 1.807) is 4.90 Å². The van der Waals surface area contributed by atoms with Gasteiger partial charge in [-0.2, -0.15) is 0 Å². The molecule has 0 saturated carbocycles. The van der Waals surface area contributed by atoms with Crippen LogP contribution in [0.4, 0.5) is 5.69 Å². The van der Waals surface area contributed by atoms with E-state index in [1.165, 1.54) is 5.56 Å². The van der Waals surface area contributed by atoms with Crippen LogP contribution >= 0.6 is 0 Å². The lowest BCUT2D eigenvalue weighted by Crippen LogP contribution is -2.52. The molecule has 1 atom stereocenters. The van der Waals surface area contributed by atoms with Crippen molar-refractivity contribution in [3.63, 3.8) is 0 Å². The highest BCUT2D eigenvalue weighted by Gasteiger charge is 2.39. The van der Waals surface area contributed by atoms with E-state index in [1.807, 2.05) is 30.3 Å². The summed E-state index contributed by atoms with van der Waals surface area (Å²) in [5.41, 5.74) is 10.3. The van der Waals surface area contributed by atoms with Crippen molar-refractivity contribution in [1.29, 1.82) is 0 Å². The Labute approximate surface area is 175 Å². The second kappa shape index (κ2) is 8.67. The van der Waals surface area contributed by atoms with Crippen LogP contribution in [0.5, 0.6) is 0 Å². The van der Waals surface area contributed by atoms with Crippen LogP contribution in [0, 0.1) is 0 Å². The number of rotatable bonds is 7. The number of benzene rings is 2. The van der Waals surface area contributed by atoms with Gasteiger partial charge in [0.05, 0.1) is 0 Å². The number of aryl methyl sites for hydroxylation is 1. The molecule has 1 unspecified atom stereocenters. The van der Waals surface area contributed by atoms with Crippen molar-refractivity contribution in [3.05, 3.63) is 64.7 Å².